The number of rotatable bonds is 2. The van der Waals surface area contributed by atoms with Crippen molar-refractivity contribution in [1.29, 1.82) is 0 Å². The minimum Gasteiger partial charge on any atom is -0.508 e. The highest BCUT2D eigenvalue weighted by Crippen LogP contribution is 2.23. The summed E-state index contributed by atoms with van der Waals surface area (Å²) in [6.07, 6.45) is 0. The highest BCUT2D eigenvalue weighted by Gasteiger charge is 2.10. The molecule has 1 aromatic heterocycles. The normalized spacial score (nSPS) is 11.8. The monoisotopic (exact) mass is 392 g/mol. The number of halogens is 1. The van der Waals surface area contributed by atoms with Gasteiger partial charge in [-0.15, -0.1) is 0 Å². The van der Waals surface area contributed by atoms with Crippen molar-refractivity contribution < 1.29 is 14.5 Å². The van der Waals surface area contributed by atoms with Gasteiger partial charge in [-0.25, -0.2) is 4.99 Å². The van der Waals surface area contributed by atoms with Crippen molar-refractivity contribution in [2.45, 2.75) is 0 Å². The quantitative estimate of drug-likeness (QED) is 0.543. The van der Waals surface area contributed by atoms with E-state index in [1.54, 1.807) is 18.2 Å². The van der Waals surface area contributed by atoms with E-state index in [0.29, 0.717) is 0 Å². The molecule has 0 saturated heterocycles. The molecule has 4 heteroatoms. The van der Waals surface area contributed by atoms with Crippen LogP contribution in [0.5, 0.6) is 5.75 Å². The predicted octanol–water partition coefficient (Wildman–Crippen LogP) is 3.88. The molecular weight excluding hydrogens is 378 g/mol. The summed E-state index contributed by atoms with van der Waals surface area (Å²) in [5.74, 6) is 0.998. The highest BCUT2D eigenvalue weighted by molar-refractivity contribution is 9.10. The smallest absolute Gasteiger partial charge is 0.218 e. The number of phenols is 1. The molecule has 0 aliphatic carbocycles. The number of nitrogens with one attached hydrogen (secondary N) is 1. The average molecular weight is 393 g/mol. The van der Waals surface area contributed by atoms with Gasteiger partial charge in [-0.2, -0.15) is 0 Å². The number of aromatic hydroxyl groups is 1. The fourth-order valence-corrected chi connectivity index (χ4v) is 3.11. The molecule has 3 aromatic carbocycles. The van der Waals surface area contributed by atoms with Gasteiger partial charge in [0.25, 0.3) is 0 Å². The average Bonchev–Trinajstić information content (AvgIpc) is 2.63. The zero-order chi connectivity index (χ0) is 17.2. The molecule has 122 valence electrons. The van der Waals surface area contributed by atoms with E-state index in [0.717, 1.165) is 37.8 Å². The van der Waals surface area contributed by atoms with Gasteiger partial charge in [0.1, 0.15) is 17.1 Å². The lowest BCUT2D eigenvalue weighted by Gasteiger charge is -2.03. The lowest BCUT2D eigenvalue weighted by molar-refractivity contribution is -0.401. The van der Waals surface area contributed by atoms with Gasteiger partial charge in [0.2, 0.25) is 11.0 Å². The molecule has 3 nitrogen and oxygen atoms in total. The van der Waals surface area contributed by atoms with Crippen LogP contribution >= 0.6 is 15.9 Å². The number of hydrogen-bond donors (Lipinski definition) is 2. The Labute approximate surface area is 153 Å². The first kappa shape index (κ1) is 15.7. The van der Waals surface area contributed by atoms with E-state index in [1.807, 2.05) is 60.7 Å². The van der Waals surface area contributed by atoms with Crippen molar-refractivity contribution in [2.75, 3.05) is 0 Å². The Morgan fingerprint density at radius 1 is 0.840 bits per heavy atom. The van der Waals surface area contributed by atoms with Crippen LogP contribution in [0.2, 0.25) is 0 Å². The maximum atomic E-state index is 9.72. The van der Waals surface area contributed by atoms with Gasteiger partial charge in [-0.1, -0.05) is 52.3 Å². The summed E-state index contributed by atoms with van der Waals surface area (Å²) in [5.41, 5.74) is 2.60. The topological polar surface area (TPSA) is 47.3 Å². The van der Waals surface area contributed by atoms with Crippen molar-refractivity contribution >= 4 is 32.6 Å². The standard InChI is InChI=1S/C21H14BrNO2/c22-15-9-10-20-18(11-15)19(23-16-7-4-8-17(24)12-16)13-21(25-20)14-5-2-1-3-6-14/h1-13,24H/p+1. The van der Waals surface area contributed by atoms with E-state index in [-0.39, 0.29) is 5.75 Å². The molecule has 2 N–H and O–H groups in total. The number of benzene rings is 3. The zero-order valence-electron chi connectivity index (χ0n) is 13.2. The van der Waals surface area contributed by atoms with Gasteiger partial charge in [0, 0.05) is 16.1 Å². The number of fused-ring (bicyclic) bond motifs is 1. The van der Waals surface area contributed by atoms with Crippen LogP contribution in [0.4, 0.5) is 5.69 Å². The molecule has 0 spiro atoms. The minimum absolute atomic E-state index is 0.222. The van der Waals surface area contributed by atoms with E-state index in [1.165, 1.54) is 0 Å². The molecule has 0 aliphatic rings. The van der Waals surface area contributed by atoms with E-state index in [9.17, 15) is 5.11 Å². The highest BCUT2D eigenvalue weighted by atomic mass is 79.9. The molecule has 0 bridgehead atoms. The van der Waals surface area contributed by atoms with Crippen LogP contribution in [0, 0.1) is 0 Å². The van der Waals surface area contributed by atoms with E-state index in [2.05, 4.69) is 20.9 Å². The first-order valence-electron chi connectivity index (χ1n) is 7.87. The Kier molecular flexibility index (Phi) is 4.12. The Bertz CT molecular complexity index is 1120. The van der Waals surface area contributed by atoms with Gasteiger partial charge in [0.15, 0.2) is 0 Å². The number of phenolic OH excluding ortho intramolecular Hbond substituents is 1. The van der Waals surface area contributed by atoms with Gasteiger partial charge < -0.3 is 9.52 Å². The molecular formula is C21H15BrNO2+. The molecule has 4 rings (SSSR count). The van der Waals surface area contributed by atoms with Gasteiger partial charge in [0.05, 0.1) is 17.5 Å². The fourth-order valence-electron chi connectivity index (χ4n) is 2.75. The summed E-state index contributed by atoms with van der Waals surface area (Å²) in [6.45, 7) is 0. The van der Waals surface area contributed by atoms with Crippen LogP contribution < -0.4 is 10.3 Å². The molecule has 0 fully saturated rings. The van der Waals surface area contributed by atoms with Crippen LogP contribution in [0.3, 0.4) is 0 Å². The molecule has 0 amide bonds. The van der Waals surface area contributed by atoms with E-state index >= 15 is 0 Å². The molecule has 0 aliphatic heterocycles. The lowest BCUT2D eigenvalue weighted by Crippen LogP contribution is -2.70. The second-order valence-corrected chi connectivity index (χ2v) is 6.62. The maximum absolute atomic E-state index is 9.72. The SMILES string of the molecule is Oc1cccc([NH+]=c2cc(-c3ccccc3)oc3ccc(Br)cc23)c1. The Morgan fingerprint density at radius 2 is 1.68 bits per heavy atom. The summed E-state index contributed by atoms with van der Waals surface area (Å²) in [7, 11) is 0. The van der Waals surface area contributed by atoms with Crippen molar-refractivity contribution in [1.82, 2.24) is 0 Å². The summed E-state index contributed by atoms with van der Waals surface area (Å²) in [6, 6.07) is 24.9. The second-order valence-electron chi connectivity index (χ2n) is 5.71. The van der Waals surface area contributed by atoms with Gasteiger partial charge in [-0.3, -0.25) is 0 Å². The van der Waals surface area contributed by atoms with Crippen molar-refractivity contribution in [2.24, 2.45) is 0 Å². The summed E-state index contributed by atoms with van der Waals surface area (Å²) in [5, 5.41) is 11.6. The fraction of sp³-hybridized carbons (Fsp3) is 0. The van der Waals surface area contributed by atoms with Crippen LogP contribution in [-0.2, 0) is 0 Å². The van der Waals surface area contributed by atoms with Crippen LogP contribution in [0.25, 0.3) is 22.3 Å². The summed E-state index contributed by atoms with van der Waals surface area (Å²) < 4.78 is 7.07. The number of hydrogen-bond acceptors (Lipinski definition) is 2. The third-order valence-electron chi connectivity index (χ3n) is 3.91. The molecule has 0 atom stereocenters. The lowest BCUT2D eigenvalue weighted by atomic mass is 10.1. The maximum Gasteiger partial charge on any atom is 0.218 e. The van der Waals surface area contributed by atoms with E-state index < -0.39 is 0 Å². The third-order valence-corrected chi connectivity index (χ3v) is 4.40. The zero-order valence-corrected chi connectivity index (χ0v) is 14.8. The first-order valence-corrected chi connectivity index (χ1v) is 8.66. The molecule has 0 radical (unpaired) electrons. The largest absolute Gasteiger partial charge is 0.508 e. The van der Waals surface area contributed by atoms with Crippen LogP contribution in [0.1, 0.15) is 0 Å². The Hall–Kier alpha value is -2.85. The Morgan fingerprint density at radius 3 is 2.48 bits per heavy atom. The second kappa shape index (κ2) is 6.57. The van der Waals surface area contributed by atoms with Gasteiger partial charge in [-0.05, 0) is 24.3 Å². The third kappa shape index (κ3) is 3.35. The molecule has 25 heavy (non-hydrogen) atoms. The van der Waals surface area contributed by atoms with Crippen molar-refractivity contribution in [3.63, 3.8) is 0 Å². The Balaban J connectivity index is 2.02. The van der Waals surface area contributed by atoms with E-state index in [4.69, 9.17) is 4.42 Å². The molecule has 1 heterocycles. The minimum atomic E-state index is 0.222. The molecule has 0 saturated carbocycles. The van der Waals surface area contributed by atoms with Crippen molar-refractivity contribution in [3.8, 4) is 17.1 Å². The van der Waals surface area contributed by atoms with Gasteiger partial charge >= 0.3 is 0 Å². The first-order chi connectivity index (χ1) is 12.2. The van der Waals surface area contributed by atoms with Crippen LogP contribution in [0.15, 0.2) is 87.8 Å². The molecule has 0 unspecified atom stereocenters. The summed E-state index contributed by atoms with van der Waals surface area (Å²) in [4.78, 5) is 3.38. The van der Waals surface area contributed by atoms with Crippen molar-refractivity contribution in [3.05, 3.63) is 88.7 Å². The van der Waals surface area contributed by atoms with Crippen LogP contribution in [-0.4, -0.2) is 5.11 Å². The molecule has 4 aromatic rings. The summed E-state index contributed by atoms with van der Waals surface area (Å²) >= 11 is 3.52. The predicted molar refractivity (Wildman–Crippen MR) is 101 cm³/mol.